The van der Waals surface area contributed by atoms with Crippen LogP contribution in [0.3, 0.4) is 0 Å². The van der Waals surface area contributed by atoms with E-state index in [-0.39, 0.29) is 31.7 Å². The van der Waals surface area contributed by atoms with Gasteiger partial charge in [0.05, 0.1) is 0 Å². The molecule has 0 spiro atoms. The number of nitrogens with zero attached hydrogens (tertiary/aromatic N) is 6. The van der Waals surface area contributed by atoms with Crippen molar-refractivity contribution >= 4 is 34.6 Å². The number of piperidine rings is 1. The molecule has 0 aromatic carbocycles. The number of halogens is 2. The van der Waals surface area contributed by atoms with Crippen LogP contribution >= 0.6 is 0 Å². The van der Waals surface area contributed by atoms with E-state index in [1.54, 1.807) is 11.9 Å². The molecule has 142 valence electrons. The number of alkyl halides is 2. The number of rotatable bonds is 5. The van der Waals surface area contributed by atoms with Crippen LogP contribution in [0.2, 0.25) is 0 Å². The molecule has 8 nitrogen and oxygen atoms in total. The van der Waals surface area contributed by atoms with Gasteiger partial charge in [-0.15, -0.1) is 0 Å². The lowest BCUT2D eigenvalue weighted by Crippen LogP contribution is -2.40. The molecule has 10 heteroatoms. The smallest absolute Gasteiger partial charge is 0.251 e. The third kappa shape index (κ3) is 3.54. The van der Waals surface area contributed by atoms with E-state index in [2.05, 4.69) is 32.2 Å². The van der Waals surface area contributed by atoms with Gasteiger partial charge in [0.15, 0.2) is 11.6 Å². The predicted octanol–water partition coefficient (Wildman–Crippen LogP) is 2.13. The Kier molecular flexibility index (Phi) is 4.92. The Morgan fingerprint density at radius 1 is 1.15 bits per heavy atom. The van der Waals surface area contributed by atoms with Crippen LogP contribution in [0.25, 0.3) is 11.0 Å². The summed E-state index contributed by atoms with van der Waals surface area (Å²) in [5.74, 6) is -1.01. The van der Waals surface area contributed by atoms with Crippen LogP contribution in [0, 0.1) is 0 Å². The van der Waals surface area contributed by atoms with E-state index in [0.717, 1.165) is 13.0 Å². The summed E-state index contributed by atoms with van der Waals surface area (Å²) < 4.78 is 26.8. The largest absolute Gasteiger partial charge is 0.382 e. The lowest BCUT2D eigenvalue weighted by Gasteiger charge is -2.32. The Balaban J connectivity index is 2.01. The Bertz CT molecular complexity index is 787. The summed E-state index contributed by atoms with van der Waals surface area (Å²) in [6, 6.07) is 0. The van der Waals surface area contributed by atoms with E-state index in [1.165, 1.54) is 0 Å². The van der Waals surface area contributed by atoms with Crippen LogP contribution in [-0.4, -0.2) is 59.6 Å². The number of anilines is 4. The third-order valence-corrected chi connectivity index (χ3v) is 4.46. The van der Waals surface area contributed by atoms with Crippen molar-refractivity contribution in [1.82, 2.24) is 19.9 Å². The minimum Gasteiger partial charge on any atom is -0.382 e. The lowest BCUT2D eigenvalue weighted by atomic mass is 10.1. The minimum absolute atomic E-state index is 0.194. The maximum Gasteiger partial charge on any atom is 0.251 e. The second-order valence-corrected chi connectivity index (χ2v) is 6.49. The summed E-state index contributed by atoms with van der Waals surface area (Å²) >= 11 is 0. The molecule has 0 atom stereocenters. The van der Waals surface area contributed by atoms with Crippen LogP contribution in [-0.2, 0) is 0 Å². The van der Waals surface area contributed by atoms with Crippen molar-refractivity contribution in [2.24, 2.45) is 0 Å². The van der Waals surface area contributed by atoms with Gasteiger partial charge in [-0.1, -0.05) is 6.92 Å². The molecule has 0 amide bonds. The number of nitrogens with two attached hydrogens (primary N) is 1. The summed E-state index contributed by atoms with van der Waals surface area (Å²) in [5, 5.41) is 3.00. The molecular weight excluding hydrogens is 342 g/mol. The fourth-order valence-corrected chi connectivity index (χ4v) is 2.97. The van der Waals surface area contributed by atoms with Gasteiger partial charge < -0.3 is 20.9 Å². The fourth-order valence-electron chi connectivity index (χ4n) is 2.97. The summed E-state index contributed by atoms with van der Waals surface area (Å²) in [7, 11) is 3.62. The molecule has 3 N–H and O–H groups in total. The zero-order valence-electron chi connectivity index (χ0n) is 15.3. The molecule has 0 radical (unpaired) electrons. The van der Waals surface area contributed by atoms with Crippen molar-refractivity contribution in [3.63, 3.8) is 0 Å². The van der Waals surface area contributed by atoms with E-state index < -0.39 is 5.92 Å². The number of nitrogens with one attached hydrogen (secondary N) is 1. The third-order valence-electron chi connectivity index (χ3n) is 4.46. The first-order valence-corrected chi connectivity index (χ1v) is 8.71. The minimum atomic E-state index is -2.62. The van der Waals surface area contributed by atoms with Crippen LogP contribution < -0.4 is 20.9 Å². The number of fused-ring (bicyclic) bond motifs is 1. The first-order valence-electron chi connectivity index (χ1n) is 8.71. The van der Waals surface area contributed by atoms with Crippen LogP contribution in [0.15, 0.2) is 0 Å². The number of hydrogen-bond acceptors (Lipinski definition) is 8. The topological polar surface area (TPSA) is 96.1 Å². The molecule has 1 aliphatic rings. The average molecular weight is 366 g/mol. The molecule has 3 heterocycles. The SMILES string of the molecule is CCCN(C)c1nc(N)c2nc(N3CCC(F)(F)CC3)nc(NC)c2n1. The summed E-state index contributed by atoms with van der Waals surface area (Å²) in [6.07, 6.45) is 0.526. The second-order valence-electron chi connectivity index (χ2n) is 6.49. The van der Waals surface area contributed by atoms with E-state index >= 15 is 0 Å². The zero-order chi connectivity index (χ0) is 18.9. The highest BCUT2D eigenvalue weighted by Gasteiger charge is 2.35. The highest BCUT2D eigenvalue weighted by atomic mass is 19.3. The van der Waals surface area contributed by atoms with Crippen LogP contribution in [0.5, 0.6) is 0 Å². The van der Waals surface area contributed by atoms with E-state index in [4.69, 9.17) is 5.73 Å². The Morgan fingerprint density at radius 3 is 2.46 bits per heavy atom. The normalized spacial score (nSPS) is 16.7. The summed E-state index contributed by atoms with van der Waals surface area (Å²) in [4.78, 5) is 21.5. The molecule has 0 bridgehead atoms. The molecule has 2 aromatic heterocycles. The molecule has 1 saturated heterocycles. The zero-order valence-corrected chi connectivity index (χ0v) is 15.3. The van der Waals surface area contributed by atoms with E-state index in [1.807, 2.05) is 11.9 Å². The Morgan fingerprint density at radius 2 is 1.85 bits per heavy atom. The molecule has 0 saturated carbocycles. The number of hydrogen-bond donors (Lipinski definition) is 2. The molecule has 1 aliphatic heterocycles. The van der Waals surface area contributed by atoms with Gasteiger partial charge in [-0.2, -0.15) is 9.97 Å². The fraction of sp³-hybridized carbons (Fsp3) is 0.625. The average Bonchev–Trinajstić information content (AvgIpc) is 2.61. The first kappa shape index (κ1) is 18.3. The number of aromatic nitrogens is 4. The van der Waals surface area contributed by atoms with Gasteiger partial charge >= 0.3 is 0 Å². The standard InChI is InChI=1S/C16H24F2N8/c1-4-7-25(3)14-22-11-10(12(19)23-14)21-15(24-13(11)20-2)26-8-5-16(17,18)6-9-26/h4-9H2,1-3H3,(H2,19,22,23)(H,20,21,24). The highest BCUT2D eigenvalue weighted by Crippen LogP contribution is 2.32. The van der Waals surface area contributed by atoms with Crippen molar-refractivity contribution in [2.75, 3.05) is 54.6 Å². The van der Waals surface area contributed by atoms with Gasteiger partial charge in [-0.3, -0.25) is 0 Å². The molecule has 1 fully saturated rings. The van der Waals surface area contributed by atoms with Gasteiger partial charge in [0.2, 0.25) is 11.9 Å². The van der Waals surface area contributed by atoms with Crippen molar-refractivity contribution in [3.05, 3.63) is 0 Å². The molecule has 26 heavy (non-hydrogen) atoms. The second kappa shape index (κ2) is 7.00. The molecule has 0 aliphatic carbocycles. The summed E-state index contributed by atoms with van der Waals surface area (Å²) in [5.41, 5.74) is 7.06. The Labute approximate surface area is 150 Å². The molecule has 3 rings (SSSR count). The van der Waals surface area contributed by atoms with Crippen LogP contribution in [0.4, 0.5) is 32.3 Å². The molecule has 2 aromatic rings. The summed E-state index contributed by atoms with van der Waals surface area (Å²) in [6.45, 7) is 3.25. The lowest BCUT2D eigenvalue weighted by molar-refractivity contribution is -0.0222. The number of nitrogen functional groups attached to an aromatic ring is 1. The molecular formula is C16H24F2N8. The van der Waals surface area contributed by atoms with Gasteiger partial charge in [0, 0.05) is 46.6 Å². The van der Waals surface area contributed by atoms with Gasteiger partial charge in [-0.25, -0.2) is 18.7 Å². The Hall–Kier alpha value is -2.52. The van der Waals surface area contributed by atoms with E-state index in [9.17, 15) is 8.78 Å². The maximum atomic E-state index is 13.4. The first-order chi connectivity index (χ1) is 12.3. The predicted molar refractivity (Wildman–Crippen MR) is 99.0 cm³/mol. The van der Waals surface area contributed by atoms with Gasteiger partial charge in [-0.05, 0) is 6.42 Å². The van der Waals surface area contributed by atoms with Crippen molar-refractivity contribution in [2.45, 2.75) is 32.1 Å². The highest BCUT2D eigenvalue weighted by molar-refractivity contribution is 5.93. The quantitative estimate of drug-likeness (QED) is 0.831. The molecule has 0 unspecified atom stereocenters. The van der Waals surface area contributed by atoms with Crippen molar-refractivity contribution < 1.29 is 8.78 Å². The van der Waals surface area contributed by atoms with Gasteiger partial charge in [0.25, 0.3) is 5.92 Å². The van der Waals surface area contributed by atoms with Crippen molar-refractivity contribution in [1.29, 1.82) is 0 Å². The van der Waals surface area contributed by atoms with Crippen molar-refractivity contribution in [3.8, 4) is 0 Å². The maximum absolute atomic E-state index is 13.4. The van der Waals surface area contributed by atoms with Gasteiger partial charge in [0.1, 0.15) is 11.0 Å². The van der Waals surface area contributed by atoms with E-state index in [0.29, 0.717) is 28.7 Å². The monoisotopic (exact) mass is 366 g/mol. The van der Waals surface area contributed by atoms with Crippen LogP contribution in [0.1, 0.15) is 26.2 Å².